The normalized spacial score (nSPS) is 9.90. The zero-order valence-electron chi connectivity index (χ0n) is 11.0. The lowest BCUT2D eigenvalue weighted by Crippen LogP contribution is -2.19. The first-order valence-electron chi connectivity index (χ1n) is 6.24. The molecule has 5 heteroatoms. The number of halogens is 1. The van der Waals surface area contributed by atoms with E-state index in [-0.39, 0.29) is 5.82 Å². The monoisotopic (exact) mass is 274 g/mol. The molecule has 0 aliphatic heterocycles. The molecule has 0 bridgehead atoms. The van der Waals surface area contributed by atoms with Gasteiger partial charge in [0.25, 0.3) is 0 Å². The highest BCUT2D eigenvalue weighted by Gasteiger charge is 2.07. The molecular formula is C15H15FN2O2. The van der Waals surface area contributed by atoms with E-state index in [0.717, 1.165) is 0 Å². The number of carbonyl (C=O) groups excluding carboxylic acids is 1. The highest BCUT2D eigenvalue weighted by Crippen LogP contribution is 2.23. The van der Waals surface area contributed by atoms with Gasteiger partial charge in [-0.15, -0.1) is 0 Å². The van der Waals surface area contributed by atoms with Gasteiger partial charge in [0.05, 0.1) is 12.3 Å². The molecule has 0 heterocycles. The Morgan fingerprint density at radius 1 is 1.10 bits per heavy atom. The predicted molar refractivity (Wildman–Crippen MR) is 76.7 cm³/mol. The summed E-state index contributed by atoms with van der Waals surface area (Å²) >= 11 is 0. The Hall–Kier alpha value is -2.56. The van der Waals surface area contributed by atoms with Gasteiger partial charge in [-0.1, -0.05) is 12.1 Å². The van der Waals surface area contributed by atoms with E-state index in [2.05, 4.69) is 10.6 Å². The number of ether oxygens (including phenoxy) is 1. The maximum Gasteiger partial charge on any atom is 0.323 e. The molecular weight excluding hydrogens is 259 g/mol. The number of benzene rings is 2. The first-order chi connectivity index (χ1) is 9.69. The van der Waals surface area contributed by atoms with E-state index >= 15 is 0 Å². The van der Waals surface area contributed by atoms with E-state index in [0.29, 0.717) is 23.7 Å². The van der Waals surface area contributed by atoms with Crippen molar-refractivity contribution in [2.75, 3.05) is 17.2 Å². The molecule has 2 N–H and O–H groups in total. The maximum atomic E-state index is 12.8. The van der Waals surface area contributed by atoms with Crippen molar-refractivity contribution in [2.24, 2.45) is 0 Å². The summed E-state index contributed by atoms with van der Waals surface area (Å²) in [6.45, 7) is 2.38. The lowest BCUT2D eigenvalue weighted by Gasteiger charge is -2.12. The number of rotatable bonds is 4. The van der Waals surface area contributed by atoms with Crippen LogP contribution in [0.2, 0.25) is 0 Å². The fourth-order valence-corrected chi connectivity index (χ4v) is 1.67. The van der Waals surface area contributed by atoms with Gasteiger partial charge in [-0.05, 0) is 43.3 Å². The van der Waals surface area contributed by atoms with Gasteiger partial charge >= 0.3 is 6.03 Å². The van der Waals surface area contributed by atoms with Crippen LogP contribution in [0.3, 0.4) is 0 Å². The second-order valence-electron chi connectivity index (χ2n) is 4.02. The average molecular weight is 274 g/mol. The van der Waals surface area contributed by atoms with Crippen molar-refractivity contribution in [1.29, 1.82) is 0 Å². The molecule has 2 amide bonds. The van der Waals surface area contributed by atoms with Crippen LogP contribution in [0, 0.1) is 5.82 Å². The summed E-state index contributed by atoms with van der Waals surface area (Å²) in [5.74, 6) is 0.252. The van der Waals surface area contributed by atoms with Crippen molar-refractivity contribution in [2.45, 2.75) is 6.92 Å². The van der Waals surface area contributed by atoms with Crippen LogP contribution in [-0.4, -0.2) is 12.6 Å². The smallest absolute Gasteiger partial charge is 0.323 e. The molecule has 0 aliphatic carbocycles. The van der Waals surface area contributed by atoms with Crippen LogP contribution in [0.15, 0.2) is 48.5 Å². The van der Waals surface area contributed by atoms with Crippen LogP contribution >= 0.6 is 0 Å². The minimum atomic E-state index is -0.413. The number of nitrogens with one attached hydrogen (secondary N) is 2. The number of urea groups is 1. The highest BCUT2D eigenvalue weighted by molar-refractivity contribution is 6.00. The summed E-state index contributed by atoms with van der Waals surface area (Å²) in [5, 5.41) is 5.30. The first-order valence-corrected chi connectivity index (χ1v) is 6.24. The Labute approximate surface area is 116 Å². The molecule has 20 heavy (non-hydrogen) atoms. The largest absolute Gasteiger partial charge is 0.492 e. The van der Waals surface area contributed by atoms with E-state index < -0.39 is 6.03 Å². The minimum Gasteiger partial charge on any atom is -0.492 e. The van der Waals surface area contributed by atoms with Crippen LogP contribution in [0.1, 0.15) is 6.92 Å². The highest BCUT2D eigenvalue weighted by atomic mass is 19.1. The molecule has 2 aromatic rings. The Bertz CT molecular complexity index is 585. The van der Waals surface area contributed by atoms with Crippen LogP contribution < -0.4 is 15.4 Å². The maximum absolute atomic E-state index is 12.8. The number of anilines is 2. The van der Waals surface area contributed by atoms with Gasteiger partial charge in [-0.3, -0.25) is 0 Å². The fraction of sp³-hybridized carbons (Fsp3) is 0.133. The summed E-state index contributed by atoms with van der Waals surface area (Å²) in [7, 11) is 0. The molecule has 2 aromatic carbocycles. The van der Waals surface area contributed by atoms with E-state index in [4.69, 9.17) is 4.74 Å². The molecule has 4 nitrogen and oxygen atoms in total. The van der Waals surface area contributed by atoms with Crippen LogP contribution in [0.4, 0.5) is 20.6 Å². The van der Waals surface area contributed by atoms with Gasteiger partial charge in [0, 0.05) is 5.69 Å². The summed E-state index contributed by atoms with van der Waals surface area (Å²) in [5.41, 5.74) is 1.09. The van der Waals surface area contributed by atoms with Crippen molar-refractivity contribution < 1.29 is 13.9 Å². The zero-order chi connectivity index (χ0) is 14.4. The number of hydrogen-bond donors (Lipinski definition) is 2. The Balaban J connectivity index is 2.02. The lowest BCUT2D eigenvalue weighted by molar-refractivity contribution is 0.262. The van der Waals surface area contributed by atoms with Crippen LogP contribution in [0.5, 0.6) is 5.75 Å². The summed E-state index contributed by atoms with van der Waals surface area (Å²) < 4.78 is 18.2. The third-order valence-electron chi connectivity index (χ3n) is 2.54. The molecule has 0 aliphatic rings. The van der Waals surface area contributed by atoms with E-state index in [1.54, 1.807) is 18.2 Å². The second kappa shape index (κ2) is 6.56. The summed E-state index contributed by atoms with van der Waals surface area (Å²) in [6, 6.07) is 12.3. The average Bonchev–Trinajstić information content (AvgIpc) is 2.44. The minimum absolute atomic E-state index is 0.349. The second-order valence-corrected chi connectivity index (χ2v) is 4.02. The van der Waals surface area contributed by atoms with Crippen molar-refractivity contribution in [1.82, 2.24) is 0 Å². The molecule has 0 atom stereocenters. The van der Waals surface area contributed by atoms with Gasteiger partial charge in [-0.2, -0.15) is 0 Å². The van der Waals surface area contributed by atoms with E-state index in [1.165, 1.54) is 24.3 Å². The molecule has 0 aromatic heterocycles. The number of carbonyl (C=O) groups is 1. The summed E-state index contributed by atoms with van der Waals surface area (Å²) in [4.78, 5) is 11.9. The van der Waals surface area contributed by atoms with Gasteiger partial charge < -0.3 is 15.4 Å². The van der Waals surface area contributed by atoms with Gasteiger partial charge in [0.1, 0.15) is 11.6 Å². The Morgan fingerprint density at radius 2 is 1.80 bits per heavy atom. The molecule has 0 spiro atoms. The first kappa shape index (κ1) is 13.9. The van der Waals surface area contributed by atoms with Gasteiger partial charge in [-0.25, -0.2) is 9.18 Å². The molecule has 0 fully saturated rings. The molecule has 0 saturated carbocycles. The molecule has 0 radical (unpaired) electrons. The quantitative estimate of drug-likeness (QED) is 0.889. The zero-order valence-corrected chi connectivity index (χ0v) is 11.0. The van der Waals surface area contributed by atoms with E-state index in [9.17, 15) is 9.18 Å². The van der Waals surface area contributed by atoms with Gasteiger partial charge in [0.15, 0.2) is 0 Å². The molecule has 0 saturated heterocycles. The number of amides is 2. The topological polar surface area (TPSA) is 50.4 Å². The van der Waals surface area contributed by atoms with Crippen molar-refractivity contribution in [3.05, 3.63) is 54.3 Å². The molecule has 2 rings (SSSR count). The summed E-state index contributed by atoms with van der Waals surface area (Å²) in [6.07, 6.45) is 0. The van der Waals surface area contributed by atoms with Crippen LogP contribution in [-0.2, 0) is 0 Å². The predicted octanol–water partition coefficient (Wildman–Crippen LogP) is 3.87. The van der Waals surface area contributed by atoms with Gasteiger partial charge in [0.2, 0.25) is 0 Å². The standard InChI is InChI=1S/C15H15FN2O2/c1-2-20-14-6-4-3-5-13(14)18-15(19)17-12-9-7-11(16)8-10-12/h3-10H,2H2,1H3,(H2,17,18,19). The SMILES string of the molecule is CCOc1ccccc1NC(=O)Nc1ccc(F)cc1. The molecule has 104 valence electrons. The van der Waals surface area contributed by atoms with Crippen molar-refractivity contribution in [3.8, 4) is 5.75 Å². The Morgan fingerprint density at radius 3 is 2.50 bits per heavy atom. The fourth-order valence-electron chi connectivity index (χ4n) is 1.67. The lowest BCUT2D eigenvalue weighted by atomic mass is 10.3. The third kappa shape index (κ3) is 3.71. The third-order valence-corrected chi connectivity index (χ3v) is 2.54. The Kier molecular flexibility index (Phi) is 4.55. The molecule has 0 unspecified atom stereocenters. The van der Waals surface area contributed by atoms with Crippen molar-refractivity contribution in [3.63, 3.8) is 0 Å². The van der Waals surface area contributed by atoms with Crippen molar-refractivity contribution >= 4 is 17.4 Å². The van der Waals surface area contributed by atoms with Crippen LogP contribution in [0.25, 0.3) is 0 Å². The number of para-hydroxylation sites is 2. The number of hydrogen-bond acceptors (Lipinski definition) is 2. The van der Waals surface area contributed by atoms with E-state index in [1.807, 2.05) is 13.0 Å².